The molecule has 2 N–H and O–H groups in total. The van der Waals surface area contributed by atoms with E-state index in [9.17, 15) is 13.2 Å². The van der Waals surface area contributed by atoms with Crippen LogP contribution in [0.3, 0.4) is 0 Å². The van der Waals surface area contributed by atoms with Crippen molar-refractivity contribution >= 4 is 38.9 Å². The molecule has 4 rings (SSSR count). The van der Waals surface area contributed by atoms with E-state index in [0.29, 0.717) is 30.1 Å². The van der Waals surface area contributed by atoms with E-state index in [1.54, 1.807) is 13.0 Å². The maximum atomic E-state index is 12.8. The number of anilines is 2. The van der Waals surface area contributed by atoms with Crippen LogP contribution >= 0.6 is 11.6 Å². The number of carbonyl (C=O) groups is 1. The number of hydrogen-bond acceptors (Lipinski definition) is 6. The van der Waals surface area contributed by atoms with E-state index in [1.807, 2.05) is 24.3 Å². The van der Waals surface area contributed by atoms with Gasteiger partial charge in [-0.3, -0.25) is 9.69 Å². The van der Waals surface area contributed by atoms with E-state index in [-0.39, 0.29) is 17.4 Å². The number of rotatable bonds is 6. The van der Waals surface area contributed by atoms with Crippen LogP contribution in [0.2, 0.25) is 5.02 Å². The van der Waals surface area contributed by atoms with E-state index in [4.69, 9.17) is 16.3 Å². The van der Waals surface area contributed by atoms with Crippen molar-refractivity contribution in [2.24, 2.45) is 0 Å². The normalized spacial score (nSPS) is 17.1. The number of nitrogens with one attached hydrogen (secondary N) is 2. The van der Waals surface area contributed by atoms with Gasteiger partial charge in [-0.05, 0) is 36.8 Å². The second-order valence-electron chi connectivity index (χ2n) is 7.66. The Labute approximate surface area is 187 Å². The van der Waals surface area contributed by atoms with Crippen molar-refractivity contribution in [2.45, 2.75) is 11.8 Å². The number of amides is 1. The summed E-state index contributed by atoms with van der Waals surface area (Å²) in [6.07, 6.45) is 0. The summed E-state index contributed by atoms with van der Waals surface area (Å²) in [5.74, 6) is 0.110. The first-order valence-corrected chi connectivity index (χ1v) is 12.0. The number of hydrogen-bond donors (Lipinski definition) is 2. The van der Waals surface area contributed by atoms with Gasteiger partial charge in [-0.2, -0.15) is 0 Å². The topological polar surface area (TPSA) is 91.0 Å². The van der Waals surface area contributed by atoms with Gasteiger partial charge in [0.15, 0.2) is 6.61 Å². The van der Waals surface area contributed by atoms with Crippen LogP contribution in [0.15, 0.2) is 41.3 Å². The molecule has 2 aromatic rings. The van der Waals surface area contributed by atoms with Crippen LogP contribution in [-0.2, 0) is 14.8 Å². The Morgan fingerprint density at radius 3 is 2.68 bits per heavy atom. The zero-order valence-electron chi connectivity index (χ0n) is 17.2. The lowest BCUT2D eigenvalue weighted by Crippen LogP contribution is -2.48. The number of carbonyl (C=O) groups excluding carboxylic acids is 1. The molecule has 0 unspecified atom stereocenters. The van der Waals surface area contributed by atoms with Crippen LogP contribution in [0.5, 0.6) is 5.75 Å². The molecule has 0 spiro atoms. The molecule has 1 fully saturated rings. The molecule has 0 bridgehead atoms. The van der Waals surface area contributed by atoms with Crippen molar-refractivity contribution in [3.63, 3.8) is 0 Å². The van der Waals surface area contributed by atoms with Crippen molar-refractivity contribution in [3.8, 4) is 5.75 Å². The van der Waals surface area contributed by atoms with Gasteiger partial charge in [-0.15, -0.1) is 0 Å². The molecule has 1 amide bonds. The number of halogens is 1. The maximum Gasteiger partial charge on any atom is 0.262 e. The van der Waals surface area contributed by atoms with Crippen LogP contribution < -0.4 is 19.7 Å². The van der Waals surface area contributed by atoms with Gasteiger partial charge in [0.25, 0.3) is 5.91 Å². The van der Waals surface area contributed by atoms with Crippen molar-refractivity contribution in [1.82, 2.24) is 9.62 Å². The van der Waals surface area contributed by atoms with Gasteiger partial charge in [0.05, 0.1) is 10.6 Å². The number of benzene rings is 2. The number of sulfonamides is 1. The lowest BCUT2D eigenvalue weighted by Gasteiger charge is -2.36. The Morgan fingerprint density at radius 1 is 1.16 bits per heavy atom. The zero-order chi connectivity index (χ0) is 22.0. The first-order chi connectivity index (χ1) is 14.8. The lowest BCUT2D eigenvalue weighted by atomic mass is 10.2. The summed E-state index contributed by atoms with van der Waals surface area (Å²) >= 11 is 6.08. The van der Waals surface area contributed by atoms with Crippen molar-refractivity contribution in [1.29, 1.82) is 0 Å². The predicted molar refractivity (Wildman–Crippen MR) is 121 cm³/mol. The molecule has 0 saturated carbocycles. The zero-order valence-corrected chi connectivity index (χ0v) is 18.8. The molecule has 8 nitrogen and oxygen atoms in total. The summed E-state index contributed by atoms with van der Waals surface area (Å²) < 4.78 is 33.7. The monoisotopic (exact) mass is 464 g/mol. The van der Waals surface area contributed by atoms with Gasteiger partial charge in [0.2, 0.25) is 10.0 Å². The molecular weight excluding hydrogens is 440 g/mol. The number of aryl methyl sites for hydroxylation is 1. The van der Waals surface area contributed by atoms with Crippen LogP contribution in [-0.4, -0.2) is 65.1 Å². The molecule has 2 aliphatic rings. The smallest absolute Gasteiger partial charge is 0.262 e. The third-order valence-corrected chi connectivity index (χ3v) is 7.30. The summed E-state index contributed by atoms with van der Waals surface area (Å²) in [5.41, 5.74) is 2.15. The fraction of sp³-hybridized carbons (Fsp3) is 0.381. The van der Waals surface area contributed by atoms with Crippen LogP contribution in [0.25, 0.3) is 0 Å². The number of ether oxygens (including phenoxy) is 1. The minimum Gasteiger partial charge on any atom is -0.482 e. The highest BCUT2D eigenvalue weighted by molar-refractivity contribution is 7.89. The van der Waals surface area contributed by atoms with E-state index in [1.165, 1.54) is 6.07 Å². The molecule has 2 aliphatic heterocycles. The molecule has 2 aromatic carbocycles. The molecule has 0 aromatic heterocycles. The molecule has 0 aliphatic carbocycles. The first-order valence-electron chi connectivity index (χ1n) is 10.1. The van der Waals surface area contributed by atoms with Crippen molar-refractivity contribution in [2.75, 3.05) is 56.1 Å². The lowest BCUT2D eigenvalue weighted by molar-refractivity contribution is -0.118. The molecule has 2 heterocycles. The Kier molecular flexibility index (Phi) is 6.38. The molecule has 0 radical (unpaired) electrons. The summed E-state index contributed by atoms with van der Waals surface area (Å²) in [6, 6.07) is 10.9. The fourth-order valence-corrected chi connectivity index (χ4v) is 5.27. The van der Waals surface area contributed by atoms with Gasteiger partial charge >= 0.3 is 0 Å². The molecule has 10 heteroatoms. The minimum absolute atomic E-state index is 0.121. The number of fused-ring (bicyclic) bond motifs is 1. The third kappa shape index (κ3) is 5.12. The van der Waals surface area contributed by atoms with Crippen LogP contribution in [0.4, 0.5) is 11.4 Å². The van der Waals surface area contributed by atoms with Crippen LogP contribution in [0.1, 0.15) is 5.56 Å². The van der Waals surface area contributed by atoms with E-state index < -0.39 is 10.0 Å². The molecule has 166 valence electrons. The fourth-order valence-electron chi connectivity index (χ4n) is 3.82. The molecule has 1 saturated heterocycles. The summed E-state index contributed by atoms with van der Waals surface area (Å²) in [6.45, 7) is 5.93. The highest BCUT2D eigenvalue weighted by atomic mass is 35.5. The summed E-state index contributed by atoms with van der Waals surface area (Å²) in [7, 11) is -3.69. The minimum atomic E-state index is -3.69. The van der Waals surface area contributed by atoms with E-state index >= 15 is 0 Å². The average Bonchev–Trinajstić information content (AvgIpc) is 2.73. The van der Waals surface area contributed by atoms with Crippen molar-refractivity contribution < 1.29 is 17.9 Å². The SMILES string of the molecule is Cc1cc2c(cc1S(=O)(=O)NCCN1CCN(c3cccc(Cl)c3)CC1)OCC(=O)N2. The largest absolute Gasteiger partial charge is 0.482 e. The highest BCUT2D eigenvalue weighted by Gasteiger charge is 2.24. The third-order valence-electron chi connectivity index (χ3n) is 5.47. The maximum absolute atomic E-state index is 12.8. The summed E-state index contributed by atoms with van der Waals surface area (Å²) in [4.78, 5) is 16.1. The van der Waals surface area contributed by atoms with Gasteiger partial charge in [-0.1, -0.05) is 17.7 Å². The average molecular weight is 465 g/mol. The van der Waals surface area contributed by atoms with Crippen molar-refractivity contribution in [3.05, 3.63) is 47.0 Å². The quantitative estimate of drug-likeness (QED) is 0.680. The Bertz CT molecular complexity index is 1080. The number of nitrogens with zero attached hydrogens (tertiary/aromatic N) is 2. The first kappa shape index (κ1) is 21.9. The van der Waals surface area contributed by atoms with Gasteiger partial charge < -0.3 is 15.0 Å². The van der Waals surface area contributed by atoms with E-state index in [0.717, 1.165) is 36.9 Å². The van der Waals surface area contributed by atoms with Crippen LogP contribution in [0, 0.1) is 6.92 Å². The van der Waals surface area contributed by atoms with E-state index in [2.05, 4.69) is 19.8 Å². The highest BCUT2D eigenvalue weighted by Crippen LogP contribution is 2.32. The van der Waals surface area contributed by atoms with Gasteiger partial charge in [0, 0.05) is 56.0 Å². The predicted octanol–water partition coefficient (Wildman–Crippen LogP) is 2.08. The Balaban J connectivity index is 1.31. The summed E-state index contributed by atoms with van der Waals surface area (Å²) in [5, 5.41) is 3.41. The second kappa shape index (κ2) is 9.04. The Morgan fingerprint density at radius 2 is 1.94 bits per heavy atom. The molecular formula is C21H25ClN4O4S. The molecule has 0 atom stereocenters. The van der Waals surface area contributed by atoms with Gasteiger partial charge in [-0.25, -0.2) is 13.1 Å². The second-order valence-corrected chi connectivity index (χ2v) is 9.83. The van der Waals surface area contributed by atoms with Gasteiger partial charge in [0.1, 0.15) is 5.75 Å². The molecule has 31 heavy (non-hydrogen) atoms. The standard InChI is InChI=1S/C21H25ClN4O4S/c1-15-11-18-19(30-14-21(27)24-18)13-20(15)31(28,29)23-5-6-25-7-9-26(10-8-25)17-4-2-3-16(22)12-17/h2-4,11-13,23H,5-10,14H2,1H3,(H,24,27). The Hall–Kier alpha value is -2.33. The number of piperazine rings is 1.